The highest BCUT2D eigenvalue weighted by Gasteiger charge is 2.60. The summed E-state index contributed by atoms with van der Waals surface area (Å²) in [5.41, 5.74) is -0.00879. The summed E-state index contributed by atoms with van der Waals surface area (Å²) >= 11 is 0. The summed E-state index contributed by atoms with van der Waals surface area (Å²) in [5.74, 6) is 0.371. The van der Waals surface area contributed by atoms with Gasteiger partial charge in [-0.05, 0) is 37.0 Å². The zero-order valence-electron chi connectivity index (χ0n) is 14.9. The van der Waals surface area contributed by atoms with Crippen molar-refractivity contribution in [3.8, 4) is 5.75 Å². The highest BCUT2D eigenvalue weighted by Crippen LogP contribution is 2.48. The summed E-state index contributed by atoms with van der Waals surface area (Å²) in [6.45, 7) is 4.46. The lowest BCUT2D eigenvalue weighted by molar-refractivity contribution is -0.166. The average molecular weight is 343 g/mol. The zero-order valence-corrected chi connectivity index (χ0v) is 14.9. The van der Waals surface area contributed by atoms with Crippen LogP contribution in [0.5, 0.6) is 5.75 Å². The van der Waals surface area contributed by atoms with Crippen molar-refractivity contribution in [3.63, 3.8) is 0 Å². The van der Waals surface area contributed by atoms with Gasteiger partial charge in [-0.1, -0.05) is 18.2 Å². The molecule has 0 amide bonds. The minimum atomic E-state index is -1.12. The Bertz CT molecular complexity index is 686. The van der Waals surface area contributed by atoms with Crippen molar-refractivity contribution < 1.29 is 19.1 Å². The first kappa shape index (κ1) is 17.7. The number of carbonyl (C=O) groups is 2. The maximum atomic E-state index is 12.9. The first-order valence-corrected chi connectivity index (χ1v) is 8.68. The quantitative estimate of drug-likeness (QED) is 0.452. The van der Waals surface area contributed by atoms with E-state index in [9.17, 15) is 9.59 Å². The summed E-state index contributed by atoms with van der Waals surface area (Å²) in [5, 5.41) is 0. The number of nitrogens with zero attached hydrogens (tertiary/aromatic N) is 1. The second-order valence-electron chi connectivity index (χ2n) is 6.85. The van der Waals surface area contributed by atoms with Gasteiger partial charge in [-0.15, -0.1) is 6.58 Å². The van der Waals surface area contributed by atoms with Gasteiger partial charge < -0.3 is 9.47 Å². The molecule has 25 heavy (non-hydrogen) atoms. The number of allylic oxidation sites excluding steroid dienone is 1. The molecular formula is C20H25NO4. The fourth-order valence-corrected chi connectivity index (χ4v) is 4.48. The molecule has 0 radical (unpaired) electrons. The summed E-state index contributed by atoms with van der Waals surface area (Å²) in [6, 6.07) is 7.97. The normalized spacial score (nSPS) is 28.6. The number of Topliss-reactive ketones (excluding diaryl/α,β-unsaturated/α-hetero) is 1. The van der Waals surface area contributed by atoms with E-state index in [1.807, 2.05) is 24.3 Å². The van der Waals surface area contributed by atoms with E-state index in [0.717, 1.165) is 24.2 Å². The number of methoxy groups -OCH3 is 2. The van der Waals surface area contributed by atoms with E-state index in [0.29, 0.717) is 19.4 Å². The number of ketones is 1. The van der Waals surface area contributed by atoms with Crippen molar-refractivity contribution in [2.75, 3.05) is 14.2 Å². The van der Waals surface area contributed by atoms with Gasteiger partial charge in [0, 0.05) is 25.0 Å². The minimum Gasteiger partial charge on any atom is -0.497 e. The van der Waals surface area contributed by atoms with Crippen LogP contribution >= 0.6 is 0 Å². The van der Waals surface area contributed by atoms with Crippen LogP contribution < -0.4 is 4.74 Å². The first-order valence-electron chi connectivity index (χ1n) is 8.68. The molecule has 2 aliphatic heterocycles. The van der Waals surface area contributed by atoms with Crippen LogP contribution in [0.25, 0.3) is 0 Å². The number of hydrogen-bond donors (Lipinski definition) is 0. The van der Waals surface area contributed by atoms with Crippen LogP contribution in [0.2, 0.25) is 0 Å². The molecule has 5 nitrogen and oxygen atoms in total. The highest BCUT2D eigenvalue weighted by atomic mass is 16.5. The van der Waals surface area contributed by atoms with Crippen molar-refractivity contribution in [2.45, 2.75) is 44.3 Å². The molecule has 0 N–H and O–H groups in total. The zero-order chi connectivity index (χ0) is 18.0. The van der Waals surface area contributed by atoms with Crippen molar-refractivity contribution in [1.82, 2.24) is 4.90 Å². The summed E-state index contributed by atoms with van der Waals surface area (Å²) in [6.07, 6.45) is 4.13. The molecular weight excluding hydrogens is 318 g/mol. The minimum absolute atomic E-state index is 0.00589. The third kappa shape index (κ3) is 2.86. The highest BCUT2D eigenvalue weighted by molar-refractivity contribution is 6.06. The van der Waals surface area contributed by atoms with Crippen LogP contribution in [0.3, 0.4) is 0 Å². The maximum absolute atomic E-state index is 12.9. The number of piperidine rings is 1. The molecule has 134 valence electrons. The number of esters is 1. The molecule has 0 aliphatic carbocycles. The van der Waals surface area contributed by atoms with E-state index >= 15 is 0 Å². The second-order valence-corrected chi connectivity index (χ2v) is 6.85. The van der Waals surface area contributed by atoms with Gasteiger partial charge in [0.2, 0.25) is 0 Å². The van der Waals surface area contributed by atoms with E-state index in [1.165, 1.54) is 7.11 Å². The van der Waals surface area contributed by atoms with Gasteiger partial charge in [-0.2, -0.15) is 0 Å². The topological polar surface area (TPSA) is 55.8 Å². The van der Waals surface area contributed by atoms with Crippen LogP contribution in [-0.2, 0) is 20.9 Å². The molecule has 1 aromatic rings. The molecule has 0 saturated carbocycles. The van der Waals surface area contributed by atoms with Crippen LogP contribution in [0.15, 0.2) is 36.9 Å². The molecule has 2 fully saturated rings. The fraction of sp³-hybridized carbons (Fsp3) is 0.500. The lowest BCUT2D eigenvalue weighted by Crippen LogP contribution is -2.60. The van der Waals surface area contributed by atoms with E-state index in [4.69, 9.17) is 9.47 Å². The second kappa shape index (κ2) is 7.00. The number of ether oxygens (including phenoxy) is 2. The Kier molecular flexibility index (Phi) is 4.95. The van der Waals surface area contributed by atoms with Crippen LogP contribution in [0.4, 0.5) is 0 Å². The lowest BCUT2D eigenvalue weighted by Gasteiger charge is -2.45. The number of benzene rings is 1. The van der Waals surface area contributed by atoms with Gasteiger partial charge in [0.15, 0.2) is 5.78 Å². The molecule has 0 unspecified atom stereocenters. The van der Waals surface area contributed by atoms with E-state index < -0.39 is 11.4 Å². The lowest BCUT2D eigenvalue weighted by atomic mass is 9.70. The molecule has 2 aliphatic rings. The maximum Gasteiger partial charge on any atom is 0.321 e. The monoisotopic (exact) mass is 343 g/mol. The number of rotatable bonds is 6. The van der Waals surface area contributed by atoms with E-state index in [2.05, 4.69) is 11.5 Å². The average Bonchev–Trinajstić information content (AvgIpc) is 2.94. The van der Waals surface area contributed by atoms with Gasteiger partial charge in [0.1, 0.15) is 11.2 Å². The SMILES string of the molecule is C=CC[C@@]1(C(=O)OC)C(=O)C[C@H]2CC[C@H]1N2Cc1cccc(OC)c1. The number of fused-ring (bicyclic) bond motifs is 2. The van der Waals surface area contributed by atoms with Gasteiger partial charge in [0.05, 0.1) is 14.2 Å². The van der Waals surface area contributed by atoms with Gasteiger partial charge in [-0.3, -0.25) is 14.5 Å². The van der Waals surface area contributed by atoms with Gasteiger partial charge in [0.25, 0.3) is 0 Å². The van der Waals surface area contributed by atoms with Crippen LogP contribution in [0, 0.1) is 5.41 Å². The van der Waals surface area contributed by atoms with Crippen molar-refractivity contribution in [1.29, 1.82) is 0 Å². The summed E-state index contributed by atoms with van der Waals surface area (Å²) in [4.78, 5) is 27.8. The third-order valence-corrected chi connectivity index (χ3v) is 5.65. The molecule has 3 atom stereocenters. The molecule has 3 rings (SSSR count). The standard InChI is InChI=1S/C20H25NO4/c1-4-10-20(19(23)25-3)17-9-8-15(12-18(20)22)21(17)13-14-6-5-7-16(11-14)24-2/h4-7,11,15,17H,1,8-10,12-13H2,2-3H3/t15-,17-,20+/m1/s1. The molecule has 5 heteroatoms. The molecule has 0 aromatic heterocycles. The Labute approximate surface area is 148 Å². The van der Waals surface area contributed by atoms with Crippen molar-refractivity contribution in [2.24, 2.45) is 5.41 Å². The molecule has 2 heterocycles. The molecule has 1 aromatic carbocycles. The predicted octanol–water partition coefficient (Wildman–Crippen LogP) is 2.74. The molecule has 2 bridgehead atoms. The van der Waals surface area contributed by atoms with Crippen molar-refractivity contribution >= 4 is 11.8 Å². The van der Waals surface area contributed by atoms with Crippen LogP contribution in [0.1, 0.15) is 31.2 Å². The van der Waals surface area contributed by atoms with Gasteiger partial charge in [-0.25, -0.2) is 0 Å². The third-order valence-electron chi connectivity index (χ3n) is 5.65. The number of carbonyl (C=O) groups excluding carboxylic acids is 2. The molecule has 0 spiro atoms. The largest absolute Gasteiger partial charge is 0.497 e. The Balaban J connectivity index is 1.94. The first-order chi connectivity index (χ1) is 12.1. The van der Waals surface area contributed by atoms with Crippen LogP contribution in [-0.4, -0.2) is 43.0 Å². The van der Waals surface area contributed by atoms with Crippen molar-refractivity contribution in [3.05, 3.63) is 42.5 Å². The van der Waals surface area contributed by atoms with E-state index in [1.54, 1.807) is 13.2 Å². The Morgan fingerprint density at radius 2 is 2.20 bits per heavy atom. The summed E-state index contributed by atoms with van der Waals surface area (Å²) in [7, 11) is 3.00. The Morgan fingerprint density at radius 1 is 1.40 bits per heavy atom. The molecule has 2 saturated heterocycles. The van der Waals surface area contributed by atoms with Gasteiger partial charge >= 0.3 is 5.97 Å². The Morgan fingerprint density at radius 3 is 2.88 bits per heavy atom. The fourth-order valence-electron chi connectivity index (χ4n) is 4.48. The Hall–Kier alpha value is -2.14. The number of hydrogen-bond acceptors (Lipinski definition) is 5. The predicted molar refractivity (Wildman–Crippen MR) is 94.2 cm³/mol. The smallest absolute Gasteiger partial charge is 0.321 e. The van der Waals surface area contributed by atoms with E-state index in [-0.39, 0.29) is 17.9 Å². The summed E-state index contributed by atoms with van der Waals surface area (Å²) < 4.78 is 10.4.